The Hall–Kier alpha value is -2.10. The number of ether oxygens (including phenoxy) is 2. The normalized spacial score (nSPS) is 12.1. The van der Waals surface area contributed by atoms with Crippen molar-refractivity contribution >= 4 is 29.9 Å². The van der Waals surface area contributed by atoms with E-state index in [4.69, 9.17) is 4.74 Å². The largest absolute Gasteiger partial charge is 0.496 e. The van der Waals surface area contributed by atoms with E-state index in [9.17, 15) is 8.78 Å². The molecule has 0 bridgehead atoms. The first-order chi connectivity index (χ1) is 13.0. The second-order valence-corrected chi connectivity index (χ2v) is 5.94. The van der Waals surface area contributed by atoms with Crippen LogP contribution in [0.1, 0.15) is 24.0 Å². The number of benzene rings is 2. The number of hydrogen-bond donors (Lipinski definition) is 2. The van der Waals surface area contributed by atoms with Crippen molar-refractivity contribution in [3.63, 3.8) is 0 Å². The molecule has 1 atom stereocenters. The molecule has 154 valence electrons. The smallest absolute Gasteiger partial charge is 0.387 e. The molecule has 5 nitrogen and oxygen atoms in total. The van der Waals surface area contributed by atoms with Crippen molar-refractivity contribution in [2.24, 2.45) is 4.99 Å². The molecule has 0 aliphatic rings. The summed E-state index contributed by atoms with van der Waals surface area (Å²) >= 11 is 0. The van der Waals surface area contributed by atoms with Gasteiger partial charge in [0.05, 0.1) is 7.11 Å². The minimum absolute atomic E-state index is 0. The van der Waals surface area contributed by atoms with Gasteiger partial charge >= 0.3 is 6.61 Å². The second-order valence-electron chi connectivity index (χ2n) is 5.94. The summed E-state index contributed by atoms with van der Waals surface area (Å²) in [7, 11) is 3.31. The maximum absolute atomic E-state index is 12.5. The molecule has 8 heteroatoms. The van der Waals surface area contributed by atoms with E-state index in [0.717, 1.165) is 11.3 Å². The molecule has 0 fully saturated rings. The number of halogens is 3. The lowest BCUT2D eigenvalue weighted by Crippen LogP contribution is -2.38. The van der Waals surface area contributed by atoms with Gasteiger partial charge in [-0.2, -0.15) is 8.78 Å². The quantitative estimate of drug-likeness (QED) is 0.318. The monoisotopic (exact) mass is 505 g/mol. The molecule has 0 amide bonds. The Bertz CT molecular complexity index is 760. The summed E-state index contributed by atoms with van der Waals surface area (Å²) in [5.74, 6) is 1.75. The lowest BCUT2D eigenvalue weighted by atomic mass is 10.0. The van der Waals surface area contributed by atoms with Gasteiger partial charge in [-0.25, -0.2) is 0 Å². The Morgan fingerprint density at radius 3 is 2.32 bits per heavy atom. The Kier molecular flexibility index (Phi) is 10.6. The van der Waals surface area contributed by atoms with Crippen LogP contribution >= 0.6 is 24.0 Å². The first-order valence-corrected chi connectivity index (χ1v) is 8.65. The highest BCUT2D eigenvalue weighted by Gasteiger charge is 2.12. The maximum Gasteiger partial charge on any atom is 0.387 e. The fourth-order valence-electron chi connectivity index (χ4n) is 2.69. The van der Waals surface area contributed by atoms with Crippen LogP contribution in [0.25, 0.3) is 0 Å². The van der Waals surface area contributed by atoms with Crippen molar-refractivity contribution in [1.29, 1.82) is 0 Å². The number of methoxy groups -OCH3 is 1. The number of hydrogen-bond acceptors (Lipinski definition) is 3. The van der Waals surface area contributed by atoms with Crippen LogP contribution in [0, 0.1) is 0 Å². The van der Waals surface area contributed by atoms with E-state index < -0.39 is 6.61 Å². The molecule has 0 heterocycles. The van der Waals surface area contributed by atoms with Crippen LogP contribution in [0.2, 0.25) is 0 Å². The average Bonchev–Trinajstić information content (AvgIpc) is 2.68. The molecule has 1 unspecified atom stereocenters. The number of para-hydroxylation sites is 2. The van der Waals surface area contributed by atoms with Gasteiger partial charge < -0.3 is 20.1 Å². The molecule has 0 aliphatic heterocycles. The molecule has 28 heavy (non-hydrogen) atoms. The first kappa shape index (κ1) is 23.9. The summed E-state index contributed by atoms with van der Waals surface area (Å²) in [6.07, 6.45) is 0. The molecular formula is C20H26F2IN3O2. The summed E-state index contributed by atoms with van der Waals surface area (Å²) < 4.78 is 35.0. The van der Waals surface area contributed by atoms with Crippen molar-refractivity contribution in [3.05, 3.63) is 59.7 Å². The molecule has 0 saturated heterocycles. The van der Waals surface area contributed by atoms with Crippen molar-refractivity contribution < 1.29 is 18.3 Å². The number of guanidine groups is 1. The summed E-state index contributed by atoms with van der Waals surface area (Å²) in [5.41, 5.74) is 1.72. The molecule has 0 saturated carbocycles. The highest BCUT2D eigenvalue weighted by Crippen LogP contribution is 2.25. The highest BCUT2D eigenvalue weighted by atomic mass is 127. The zero-order valence-electron chi connectivity index (χ0n) is 16.1. The van der Waals surface area contributed by atoms with E-state index in [1.165, 1.54) is 6.07 Å². The Morgan fingerprint density at radius 1 is 1.04 bits per heavy atom. The minimum Gasteiger partial charge on any atom is -0.496 e. The zero-order chi connectivity index (χ0) is 19.6. The molecule has 0 spiro atoms. The summed E-state index contributed by atoms with van der Waals surface area (Å²) in [5, 5.41) is 6.36. The third-order valence-electron chi connectivity index (χ3n) is 4.10. The van der Waals surface area contributed by atoms with Gasteiger partial charge in [0.1, 0.15) is 11.5 Å². The van der Waals surface area contributed by atoms with E-state index in [2.05, 4.69) is 27.3 Å². The molecule has 0 radical (unpaired) electrons. The van der Waals surface area contributed by atoms with Crippen LogP contribution in [0.4, 0.5) is 8.78 Å². The van der Waals surface area contributed by atoms with Crippen molar-refractivity contribution in [3.8, 4) is 11.5 Å². The number of aliphatic imine (C=N–C) groups is 1. The molecule has 2 rings (SSSR count). The van der Waals surface area contributed by atoms with E-state index in [1.54, 1.807) is 32.4 Å². The Balaban J connectivity index is 0.00000392. The predicted molar refractivity (Wildman–Crippen MR) is 118 cm³/mol. The number of alkyl halides is 2. The second kappa shape index (κ2) is 12.4. The van der Waals surface area contributed by atoms with Gasteiger partial charge in [0.25, 0.3) is 0 Å². The van der Waals surface area contributed by atoms with E-state index in [-0.39, 0.29) is 35.6 Å². The average molecular weight is 505 g/mol. The van der Waals surface area contributed by atoms with Crippen molar-refractivity contribution in [1.82, 2.24) is 10.6 Å². The van der Waals surface area contributed by atoms with Crippen molar-refractivity contribution in [2.45, 2.75) is 26.0 Å². The summed E-state index contributed by atoms with van der Waals surface area (Å²) in [6, 6.07) is 14.5. The SMILES string of the molecule is CN=C(NCc1ccccc1OC(F)F)NCC(C)c1ccccc1OC.I. The standard InChI is InChI=1S/C20H25F2N3O2.HI/c1-14(16-9-5-7-11-18(16)26-3)12-24-20(23-2)25-13-15-8-4-6-10-17(15)27-19(21)22;/h4-11,14,19H,12-13H2,1-3H3,(H2,23,24,25);1H. The van der Waals surface area contributed by atoms with Crippen LogP contribution in [0.5, 0.6) is 11.5 Å². The highest BCUT2D eigenvalue weighted by molar-refractivity contribution is 14.0. The Labute approximate surface area is 181 Å². The number of rotatable bonds is 8. The predicted octanol–water partition coefficient (Wildman–Crippen LogP) is 4.38. The molecule has 2 aromatic rings. The van der Waals surface area contributed by atoms with Crippen LogP contribution in [-0.4, -0.2) is 33.3 Å². The third-order valence-corrected chi connectivity index (χ3v) is 4.10. The number of nitrogens with one attached hydrogen (secondary N) is 2. The van der Waals surface area contributed by atoms with Gasteiger partial charge in [0.2, 0.25) is 0 Å². The molecule has 0 aliphatic carbocycles. The first-order valence-electron chi connectivity index (χ1n) is 8.65. The van der Waals surface area contributed by atoms with Crippen LogP contribution in [0.15, 0.2) is 53.5 Å². The van der Waals surface area contributed by atoms with Crippen LogP contribution in [-0.2, 0) is 6.54 Å². The fourth-order valence-corrected chi connectivity index (χ4v) is 2.69. The van der Waals surface area contributed by atoms with Gasteiger partial charge in [-0.15, -0.1) is 24.0 Å². The number of nitrogens with zero attached hydrogens (tertiary/aromatic N) is 1. The lowest BCUT2D eigenvalue weighted by molar-refractivity contribution is -0.0504. The summed E-state index contributed by atoms with van der Waals surface area (Å²) in [6.45, 7) is 0.176. The van der Waals surface area contributed by atoms with Gasteiger partial charge in [-0.3, -0.25) is 4.99 Å². The molecular weight excluding hydrogens is 479 g/mol. The van der Waals surface area contributed by atoms with Gasteiger partial charge in [-0.05, 0) is 17.7 Å². The molecule has 0 aromatic heterocycles. The molecule has 2 N–H and O–H groups in total. The minimum atomic E-state index is -2.86. The third kappa shape index (κ3) is 7.14. The van der Waals surface area contributed by atoms with Gasteiger partial charge in [-0.1, -0.05) is 43.3 Å². The van der Waals surface area contributed by atoms with Crippen LogP contribution in [0.3, 0.4) is 0 Å². The van der Waals surface area contributed by atoms with Crippen LogP contribution < -0.4 is 20.1 Å². The summed E-state index contributed by atoms with van der Waals surface area (Å²) in [4.78, 5) is 4.18. The fraction of sp³-hybridized carbons (Fsp3) is 0.350. The van der Waals surface area contributed by atoms with E-state index in [1.807, 2.05) is 24.3 Å². The van der Waals surface area contributed by atoms with E-state index >= 15 is 0 Å². The Morgan fingerprint density at radius 2 is 1.68 bits per heavy atom. The topological polar surface area (TPSA) is 54.9 Å². The van der Waals surface area contributed by atoms with E-state index in [0.29, 0.717) is 24.6 Å². The van der Waals surface area contributed by atoms with Gasteiger partial charge in [0.15, 0.2) is 5.96 Å². The molecule has 2 aromatic carbocycles. The van der Waals surface area contributed by atoms with Gasteiger partial charge in [0, 0.05) is 31.6 Å². The lowest BCUT2D eigenvalue weighted by Gasteiger charge is -2.19. The zero-order valence-corrected chi connectivity index (χ0v) is 18.4. The maximum atomic E-state index is 12.5. The van der Waals surface area contributed by atoms with Crippen molar-refractivity contribution in [2.75, 3.05) is 20.7 Å².